The van der Waals surface area contributed by atoms with E-state index in [-0.39, 0.29) is 55.7 Å². The molecule has 102 valence electrons. The molecule has 2 unspecified atom stereocenters. The Hall–Kier alpha value is -0.540. The molecule has 4 N–H and O–H groups in total. The van der Waals surface area contributed by atoms with Crippen molar-refractivity contribution in [3.8, 4) is 0 Å². The molecule has 0 bridgehead atoms. The van der Waals surface area contributed by atoms with Crippen molar-refractivity contribution in [3.05, 3.63) is 0 Å². The summed E-state index contributed by atoms with van der Waals surface area (Å²) in [6, 6.07) is 0. The van der Waals surface area contributed by atoms with Crippen molar-refractivity contribution in [2.75, 3.05) is 0 Å². The van der Waals surface area contributed by atoms with Gasteiger partial charge in [0.2, 0.25) is 0 Å². The molecule has 0 aromatic carbocycles. The van der Waals surface area contributed by atoms with Crippen LogP contribution in [-0.4, -0.2) is 93.9 Å². The number of carbonyl (C=O) groups is 4. The van der Waals surface area contributed by atoms with E-state index in [2.05, 4.69) is 0 Å². The molecule has 0 saturated heterocycles. The zero-order chi connectivity index (χ0) is 14.2. The van der Waals surface area contributed by atoms with Gasteiger partial charge in [-0.2, -0.15) is 0 Å². The van der Waals surface area contributed by atoms with Crippen molar-refractivity contribution in [2.24, 2.45) is 0 Å². The number of carboxylic acids is 2. The number of aliphatic hydroxyl groups is 2. The number of Topliss-reactive ketones (excluding diaryl/α,β-unsaturated/α-hetero) is 2. The molecule has 0 radical (unpaired) electrons. The van der Waals surface area contributed by atoms with Crippen molar-refractivity contribution in [3.63, 3.8) is 0 Å². The normalized spacial score (nSPS) is 12.0. The van der Waals surface area contributed by atoms with Gasteiger partial charge in [0.25, 0.3) is 0 Å². The first-order chi connectivity index (χ1) is 7.59. The first-order valence-electron chi connectivity index (χ1n) is 4.40. The number of rotatable bonds is 5. The number of ketones is 2. The average Bonchev–Trinajstić information content (AvgIpc) is 2.13. The zero-order valence-electron chi connectivity index (χ0n) is 9.28. The van der Waals surface area contributed by atoms with Gasteiger partial charge in [0.05, 0.1) is 6.42 Å². The first kappa shape index (κ1) is 22.6. The van der Waals surface area contributed by atoms with Crippen molar-refractivity contribution in [2.45, 2.75) is 32.5 Å². The van der Waals surface area contributed by atoms with Gasteiger partial charge in [-0.05, 0) is 13.8 Å². The van der Waals surface area contributed by atoms with E-state index >= 15 is 0 Å². The molecule has 2 atom stereocenters. The van der Waals surface area contributed by atoms with Crippen LogP contribution in [0.25, 0.3) is 0 Å². The van der Waals surface area contributed by atoms with Crippen LogP contribution in [0.2, 0.25) is 0 Å². The fourth-order valence-electron chi connectivity index (χ4n) is 0.621. The Kier molecular flexibility index (Phi) is 14.5. The molecule has 0 aromatic rings. The molecule has 0 aliphatic carbocycles. The number of carboxylic acid groups (broad SMARTS) is 2. The van der Waals surface area contributed by atoms with Crippen molar-refractivity contribution in [1.82, 2.24) is 0 Å². The number of hydrogen-bond acceptors (Lipinski definition) is 6. The van der Waals surface area contributed by atoms with E-state index in [0.717, 1.165) is 0 Å². The van der Waals surface area contributed by atoms with Gasteiger partial charge in [-0.3, -0.25) is 9.59 Å². The second kappa shape index (κ2) is 11.5. The van der Waals surface area contributed by atoms with Crippen molar-refractivity contribution < 1.29 is 39.6 Å². The summed E-state index contributed by atoms with van der Waals surface area (Å²) in [6.07, 6.45) is -4.45. The maximum absolute atomic E-state index is 10.0. The van der Waals surface area contributed by atoms with Crippen LogP contribution in [0.5, 0.6) is 0 Å². The Morgan fingerprint density at radius 3 is 1.11 bits per heavy atom. The third-order valence-electron chi connectivity index (χ3n) is 1.30. The van der Waals surface area contributed by atoms with Gasteiger partial charge < -0.3 is 20.4 Å². The summed E-state index contributed by atoms with van der Waals surface area (Å²) < 4.78 is 0. The third-order valence-corrected chi connectivity index (χ3v) is 1.30. The van der Waals surface area contributed by atoms with Crippen LogP contribution < -0.4 is 0 Å². The summed E-state index contributed by atoms with van der Waals surface area (Å²) in [5, 5.41) is 32.5. The van der Waals surface area contributed by atoms with Gasteiger partial charge in [0.1, 0.15) is 11.6 Å². The molecule has 0 spiro atoms. The zero-order valence-corrected chi connectivity index (χ0v) is 9.28. The van der Waals surface area contributed by atoms with Gasteiger partial charge in [0.15, 0.2) is 12.2 Å². The summed E-state index contributed by atoms with van der Waals surface area (Å²) >= 11 is 0. The molecule has 8 nitrogen and oxygen atoms in total. The summed E-state index contributed by atoms with van der Waals surface area (Å²) in [5.74, 6) is -3.66. The molecule has 0 aliphatic rings. The van der Waals surface area contributed by atoms with Gasteiger partial charge in [-0.15, -0.1) is 0 Å². The Balaban J connectivity index is -0.000000251. The van der Waals surface area contributed by atoms with Crippen LogP contribution in [0, 0.1) is 0 Å². The van der Waals surface area contributed by atoms with Gasteiger partial charge in [-0.1, -0.05) is 0 Å². The Morgan fingerprint density at radius 1 is 0.833 bits per heavy atom. The summed E-state index contributed by atoms with van der Waals surface area (Å²) in [5.41, 5.74) is 0. The van der Waals surface area contributed by atoms with Crippen molar-refractivity contribution in [1.29, 1.82) is 0 Å². The standard InChI is InChI=1S/C5H8O2.C4H6O6.Ca.2H/c1-4(6)3-5(2)7;5-1(3(7)8)2(6)4(9)10;;;/h3H2,1-2H3;1-2,5-6H,(H,7,8)(H,9,10);;;. The van der Waals surface area contributed by atoms with Crippen LogP contribution in [0.1, 0.15) is 20.3 Å². The quantitative estimate of drug-likeness (QED) is 0.321. The predicted molar refractivity (Wildman–Crippen MR) is 61.8 cm³/mol. The molecule has 9 heteroatoms. The van der Waals surface area contributed by atoms with Crippen LogP contribution >= 0.6 is 0 Å². The number of aliphatic hydroxyl groups excluding tert-OH is 2. The van der Waals surface area contributed by atoms with Crippen molar-refractivity contribution >= 4 is 61.2 Å². The second-order valence-corrected chi connectivity index (χ2v) is 3.15. The van der Waals surface area contributed by atoms with E-state index in [1.54, 1.807) is 0 Å². The van der Waals surface area contributed by atoms with E-state index in [9.17, 15) is 19.2 Å². The summed E-state index contributed by atoms with van der Waals surface area (Å²) in [6.45, 7) is 2.81. The molecule has 18 heavy (non-hydrogen) atoms. The van der Waals surface area contributed by atoms with E-state index in [0.29, 0.717) is 0 Å². The average molecular weight is 292 g/mol. The van der Waals surface area contributed by atoms with Crippen LogP contribution in [0.3, 0.4) is 0 Å². The minimum absolute atomic E-state index is 0. The molecule has 0 fully saturated rings. The Bertz CT molecular complexity index is 284. The summed E-state index contributed by atoms with van der Waals surface area (Å²) in [4.78, 5) is 39.6. The van der Waals surface area contributed by atoms with Gasteiger partial charge >= 0.3 is 49.7 Å². The van der Waals surface area contributed by atoms with E-state index in [4.69, 9.17) is 20.4 Å². The molecule has 0 aliphatic heterocycles. The first-order valence-corrected chi connectivity index (χ1v) is 4.40. The fourth-order valence-corrected chi connectivity index (χ4v) is 0.621. The molecule has 0 amide bonds. The predicted octanol–water partition coefficient (Wildman–Crippen LogP) is -2.48. The number of hydrogen-bond donors (Lipinski definition) is 4. The SMILES string of the molecule is CC(=O)CC(C)=O.O=C(O)C(O)C(O)C(=O)O.[CaH2]. The van der Waals surface area contributed by atoms with E-state index in [1.807, 2.05) is 0 Å². The van der Waals surface area contributed by atoms with E-state index in [1.165, 1.54) is 13.8 Å². The number of aliphatic carboxylic acids is 2. The van der Waals surface area contributed by atoms with Gasteiger partial charge in [0, 0.05) is 0 Å². The fraction of sp³-hybridized carbons (Fsp3) is 0.556. The monoisotopic (exact) mass is 292 g/mol. The Labute approximate surface area is 133 Å². The third kappa shape index (κ3) is 13.5. The molecular formula is C9H16CaO8. The maximum atomic E-state index is 10.0. The van der Waals surface area contributed by atoms with Crippen LogP contribution in [0.15, 0.2) is 0 Å². The van der Waals surface area contributed by atoms with Crippen LogP contribution in [0.4, 0.5) is 0 Å². The molecular weight excluding hydrogens is 276 g/mol. The van der Waals surface area contributed by atoms with E-state index < -0.39 is 24.1 Å². The molecule has 0 heterocycles. The summed E-state index contributed by atoms with van der Waals surface area (Å²) in [7, 11) is 0. The topological polar surface area (TPSA) is 149 Å². The van der Waals surface area contributed by atoms with Crippen LogP contribution in [-0.2, 0) is 19.2 Å². The minimum atomic E-state index is -2.27. The second-order valence-electron chi connectivity index (χ2n) is 3.15. The Morgan fingerprint density at radius 2 is 1.06 bits per heavy atom. The molecule has 0 rings (SSSR count). The molecule has 0 aromatic heterocycles. The molecule has 0 saturated carbocycles. The van der Waals surface area contributed by atoms with Gasteiger partial charge in [-0.25, -0.2) is 9.59 Å². The number of carbonyl (C=O) groups excluding carboxylic acids is 2.